The summed E-state index contributed by atoms with van der Waals surface area (Å²) in [5.74, 6) is -1.14. The van der Waals surface area contributed by atoms with Crippen LogP contribution in [0.5, 0.6) is 0 Å². The van der Waals surface area contributed by atoms with Gasteiger partial charge in [-0.25, -0.2) is 4.39 Å². The van der Waals surface area contributed by atoms with Crippen LogP contribution in [0.1, 0.15) is 60.8 Å². The van der Waals surface area contributed by atoms with Gasteiger partial charge in [0.2, 0.25) is 11.8 Å². The molecule has 4 rings (SSSR count). The lowest BCUT2D eigenvalue weighted by atomic mass is 10.0. The molecule has 1 saturated heterocycles. The Kier molecular flexibility index (Phi) is 8.35. The van der Waals surface area contributed by atoms with E-state index in [1.54, 1.807) is 22.7 Å². The number of likely N-dealkylation sites (tertiary alicyclic amines) is 1. The summed E-state index contributed by atoms with van der Waals surface area (Å²) >= 11 is 0. The predicted octanol–water partition coefficient (Wildman–Crippen LogP) is 2.47. The van der Waals surface area contributed by atoms with E-state index < -0.39 is 11.7 Å². The highest BCUT2D eigenvalue weighted by Crippen LogP contribution is 2.24. The van der Waals surface area contributed by atoms with Crippen molar-refractivity contribution in [1.82, 2.24) is 24.9 Å². The Morgan fingerprint density at radius 2 is 2.00 bits per heavy atom. The number of carbonyl (C=O) groups is 3. The second-order valence-electron chi connectivity index (χ2n) is 9.66. The molecule has 0 aliphatic carbocycles. The minimum absolute atomic E-state index is 0.117. The number of halogens is 1. The highest BCUT2D eigenvalue weighted by molar-refractivity contribution is 6.04. The third-order valence-electron chi connectivity index (χ3n) is 7.12. The lowest BCUT2D eigenvalue weighted by Crippen LogP contribution is -2.42. The summed E-state index contributed by atoms with van der Waals surface area (Å²) in [5, 5.41) is 9.97. The molecule has 0 spiro atoms. The highest BCUT2D eigenvalue weighted by atomic mass is 19.1. The number of hydrogen-bond donors (Lipinski definition) is 2. The van der Waals surface area contributed by atoms with E-state index in [-0.39, 0.29) is 36.9 Å². The number of rotatable bonds is 8. The molecule has 2 aliphatic heterocycles. The Morgan fingerprint density at radius 1 is 1.17 bits per heavy atom. The zero-order valence-corrected chi connectivity index (χ0v) is 21.1. The standard InChI is InChI=1S/C26H35FN6O3/c1-18-6-3-4-13-32(18)15-12-28-23(34)9-10-24(35)33-14-11-22-21(17-33)25(30-31(22)2)26(36)29-20-8-5-7-19(27)16-20/h5,7-8,16,18H,3-4,6,9-15,17H2,1-2H3,(H,28,34)(H,29,36)/t18-/m0/s1. The Balaban J connectivity index is 1.28. The molecular weight excluding hydrogens is 463 g/mol. The summed E-state index contributed by atoms with van der Waals surface area (Å²) in [7, 11) is 1.77. The van der Waals surface area contributed by atoms with E-state index in [9.17, 15) is 18.8 Å². The molecule has 0 unspecified atom stereocenters. The Morgan fingerprint density at radius 3 is 2.78 bits per heavy atom. The minimum atomic E-state index is -0.450. The number of benzene rings is 1. The molecule has 10 heteroatoms. The van der Waals surface area contributed by atoms with Gasteiger partial charge >= 0.3 is 0 Å². The van der Waals surface area contributed by atoms with Crippen LogP contribution in [0.15, 0.2) is 24.3 Å². The normalized spacial score (nSPS) is 18.0. The van der Waals surface area contributed by atoms with Gasteiger partial charge in [-0.05, 0) is 44.5 Å². The first-order valence-electron chi connectivity index (χ1n) is 12.7. The van der Waals surface area contributed by atoms with Crippen LogP contribution in [-0.2, 0) is 29.6 Å². The molecule has 3 amide bonds. The molecule has 2 aliphatic rings. The van der Waals surface area contributed by atoms with Crippen molar-refractivity contribution in [2.24, 2.45) is 7.05 Å². The number of piperidine rings is 1. The first-order chi connectivity index (χ1) is 17.3. The SMILES string of the molecule is C[C@H]1CCCCN1CCNC(=O)CCC(=O)N1CCc2c(c(C(=O)Nc3cccc(F)c3)nn2C)C1. The summed E-state index contributed by atoms with van der Waals surface area (Å²) in [6, 6.07) is 6.21. The van der Waals surface area contributed by atoms with Crippen LogP contribution in [0.25, 0.3) is 0 Å². The number of anilines is 1. The second kappa shape index (κ2) is 11.6. The van der Waals surface area contributed by atoms with Crippen molar-refractivity contribution in [2.45, 2.75) is 58.0 Å². The number of carbonyl (C=O) groups excluding carboxylic acids is 3. The zero-order chi connectivity index (χ0) is 25.7. The van der Waals surface area contributed by atoms with Gasteiger partial charge in [-0.2, -0.15) is 5.10 Å². The van der Waals surface area contributed by atoms with Crippen molar-refractivity contribution in [3.05, 3.63) is 47.0 Å². The van der Waals surface area contributed by atoms with E-state index in [1.807, 2.05) is 0 Å². The molecule has 9 nitrogen and oxygen atoms in total. The number of aryl methyl sites for hydroxylation is 1. The number of nitrogens with one attached hydrogen (secondary N) is 2. The predicted molar refractivity (Wildman–Crippen MR) is 134 cm³/mol. The number of nitrogens with zero attached hydrogens (tertiary/aromatic N) is 4. The van der Waals surface area contributed by atoms with E-state index in [2.05, 4.69) is 27.6 Å². The van der Waals surface area contributed by atoms with E-state index >= 15 is 0 Å². The van der Waals surface area contributed by atoms with Crippen LogP contribution in [0.3, 0.4) is 0 Å². The van der Waals surface area contributed by atoms with Gasteiger partial charge in [0.25, 0.3) is 5.91 Å². The fourth-order valence-electron chi connectivity index (χ4n) is 5.04. The van der Waals surface area contributed by atoms with Gasteiger partial charge in [0.15, 0.2) is 5.69 Å². The van der Waals surface area contributed by atoms with Crippen LogP contribution in [0.2, 0.25) is 0 Å². The summed E-state index contributed by atoms with van der Waals surface area (Å²) in [5.41, 5.74) is 2.14. The lowest BCUT2D eigenvalue weighted by Gasteiger charge is -2.33. The molecule has 3 heterocycles. The van der Waals surface area contributed by atoms with Crippen molar-refractivity contribution in [3.63, 3.8) is 0 Å². The Hall–Kier alpha value is -3.27. The summed E-state index contributed by atoms with van der Waals surface area (Å²) in [6.45, 7) is 5.47. The zero-order valence-electron chi connectivity index (χ0n) is 21.1. The van der Waals surface area contributed by atoms with Gasteiger partial charge in [0.1, 0.15) is 5.82 Å². The van der Waals surface area contributed by atoms with Gasteiger partial charge < -0.3 is 15.5 Å². The molecular formula is C26H35FN6O3. The molecule has 2 aromatic rings. The van der Waals surface area contributed by atoms with E-state index in [0.717, 1.165) is 18.8 Å². The molecule has 1 aromatic heterocycles. The van der Waals surface area contributed by atoms with Gasteiger partial charge in [-0.15, -0.1) is 0 Å². The maximum absolute atomic E-state index is 13.5. The number of fused-ring (bicyclic) bond motifs is 1. The van der Waals surface area contributed by atoms with Crippen molar-refractivity contribution >= 4 is 23.4 Å². The molecule has 0 bridgehead atoms. The van der Waals surface area contributed by atoms with Crippen molar-refractivity contribution in [2.75, 3.05) is 31.5 Å². The molecule has 0 radical (unpaired) electrons. The first-order valence-corrected chi connectivity index (χ1v) is 12.7. The number of amides is 3. The maximum atomic E-state index is 13.5. The third-order valence-corrected chi connectivity index (χ3v) is 7.12. The topological polar surface area (TPSA) is 99.6 Å². The fourth-order valence-corrected chi connectivity index (χ4v) is 5.04. The quantitative estimate of drug-likeness (QED) is 0.583. The molecule has 1 aromatic carbocycles. The maximum Gasteiger partial charge on any atom is 0.276 e. The smallest absolute Gasteiger partial charge is 0.276 e. The van der Waals surface area contributed by atoms with Crippen molar-refractivity contribution in [1.29, 1.82) is 0 Å². The number of aromatic nitrogens is 2. The van der Waals surface area contributed by atoms with Crippen molar-refractivity contribution < 1.29 is 18.8 Å². The fraction of sp³-hybridized carbons (Fsp3) is 0.538. The van der Waals surface area contributed by atoms with E-state index in [0.29, 0.717) is 36.8 Å². The van der Waals surface area contributed by atoms with Crippen LogP contribution < -0.4 is 10.6 Å². The van der Waals surface area contributed by atoms with Crippen LogP contribution in [-0.4, -0.2) is 69.5 Å². The minimum Gasteiger partial charge on any atom is -0.355 e. The lowest BCUT2D eigenvalue weighted by molar-refractivity contribution is -0.134. The molecule has 2 N–H and O–H groups in total. The van der Waals surface area contributed by atoms with Gasteiger partial charge in [0.05, 0.1) is 0 Å². The molecule has 194 valence electrons. The van der Waals surface area contributed by atoms with E-state index in [4.69, 9.17) is 0 Å². The summed E-state index contributed by atoms with van der Waals surface area (Å²) in [6.07, 6.45) is 4.49. The highest BCUT2D eigenvalue weighted by Gasteiger charge is 2.29. The average molecular weight is 499 g/mol. The average Bonchev–Trinajstić information content (AvgIpc) is 3.19. The summed E-state index contributed by atoms with van der Waals surface area (Å²) in [4.78, 5) is 42.1. The summed E-state index contributed by atoms with van der Waals surface area (Å²) < 4.78 is 15.2. The third kappa shape index (κ3) is 6.29. The van der Waals surface area contributed by atoms with Gasteiger partial charge in [-0.3, -0.25) is 24.0 Å². The van der Waals surface area contributed by atoms with Crippen LogP contribution >= 0.6 is 0 Å². The largest absolute Gasteiger partial charge is 0.355 e. The Bertz CT molecular complexity index is 1120. The molecule has 1 atom stereocenters. The van der Waals surface area contributed by atoms with Crippen LogP contribution in [0, 0.1) is 5.82 Å². The van der Waals surface area contributed by atoms with Crippen LogP contribution in [0.4, 0.5) is 10.1 Å². The molecule has 0 saturated carbocycles. The van der Waals surface area contributed by atoms with Gasteiger partial charge in [-0.1, -0.05) is 12.5 Å². The molecule has 36 heavy (non-hydrogen) atoms. The second-order valence-corrected chi connectivity index (χ2v) is 9.66. The van der Waals surface area contributed by atoms with Crippen molar-refractivity contribution in [3.8, 4) is 0 Å². The Labute approximate surface area is 211 Å². The first kappa shape index (κ1) is 25.8. The van der Waals surface area contributed by atoms with Gasteiger partial charge in [0, 0.05) is 75.5 Å². The monoisotopic (exact) mass is 498 g/mol. The van der Waals surface area contributed by atoms with E-state index in [1.165, 1.54) is 37.5 Å². The number of hydrogen-bond acceptors (Lipinski definition) is 5. The molecule has 1 fully saturated rings.